The van der Waals surface area contributed by atoms with Crippen molar-refractivity contribution in [1.82, 2.24) is 5.32 Å². The van der Waals surface area contributed by atoms with Gasteiger partial charge in [0.2, 0.25) is 0 Å². The van der Waals surface area contributed by atoms with Crippen molar-refractivity contribution in [3.63, 3.8) is 0 Å². The number of nitrogens with one attached hydrogen (secondary N) is 1. The maximum absolute atomic E-state index is 12.8. The van der Waals surface area contributed by atoms with Gasteiger partial charge in [0, 0.05) is 22.0 Å². The van der Waals surface area contributed by atoms with Crippen molar-refractivity contribution in [2.24, 2.45) is 0 Å². The number of hydrogen-bond donors (Lipinski definition) is 1. The Morgan fingerprint density at radius 3 is 2.56 bits per heavy atom. The zero-order valence-corrected chi connectivity index (χ0v) is 15.5. The van der Waals surface area contributed by atoms with Crippen LogP contribution in [0, 0.1) is 0 Å². The first-order valence-corrected chi connectivity index (χ1v) is 8.78. The molecule has 2 aromatic carbocycles. The van der Waals surface area contributed by atoms with Crippen LogP contribution in [0.2, 0.25) is 10.0 Å². The zero-order valence-electron chi connectivity index (χ0n) is 14.0. The van der Waals surface area contributed by atoms with Gasteiger partial charge < -0.3 is 14.8 Å². The molecule has 1 amide bonds. The SMILES string of the molecule is CC(C)(Oc1ccc(Cl)cc1)C(=O)NC1CCOc2ccc(Cl)cc21. The van der Waals surface area contributed by atoms with Crippen LogP contribution in [0.3, 0.4) is 0 Å². The van der Waals surface area contributed by atoms with E-state index in [4.69, 9.17) is 32.7 Å². The summed E-state index contributed by atoms with van der Waals surface area (Å²) in [7, 11) is 0. The van der Waals surface area contributed by atoms with Crippen molar-refractivity contribution in [1.29, 1.82) is 0 Å². The minimum atomic E-state index is -1.04. The van der Waals surface area contributed by atoms with Crippen molar-refractivity contribution in [3.05, 3.63) is 58.1 Å². The lowest BCUT2D eigenvalue weighted by atomic mass is 9.99. The molecule has 0 aromatic heterocycles. The second-order valence-electron chi connectivity index (χ2n) is 6.41. The Balaban J connectivity index is 1.73. The number of rotatable bonds is 4. The van der Waals surface area contributed by atoms with Gasteiger partial charge in [-0.1, -0.05) is 23.2 Å². The van der Waals surface area contributed by atoms with Crippen LogP contribution in [-0.2, 0) is 4.79 Å². The van der Waals surface area contributed by atoms with E-state index in [2.05, 4.69) is 5.32 Å². The fourth-order valence-electron chi connectivity index (χ4n) is 2.69. The number of amides is 1. The fraction of sp³-hybridized carbons (Fsp3) is 0.316. The Morgan fingerprint density at radius 1 is 1.16 bits per heavy atom. The van der Waals surface area contributed by atoms with Gasteiger partial charge in [-0.15, -0.1) is 0 Å². The molecular formula is C19H19Cl2NO3. The van der Waals surface area contributed by atoms with Crippen LogP contribution in [-0.4, -0.2) is 18.1 Å². The van der Waals surface area contributed by atoms with E-state index in [1.807, 2.05) is 12.1 Å². The van der Waals surface area contributed by atoms with Gasteiger partial charge in [-0.2, -0.15) is 0 Å². The average molecular weight is 380 g/mol. The first-order chi connectivity index (χ1) is 11.8. The molecule has 2 aromatic rings. The van der Waals surface area contributed by atoms with Crippen LogP contribution in [0.5, 0.6) is 11.5 Å². The largest absolute Gasteiger partial charge is 0.493 e. The van der Waals surface area contributed by atoms with Crippen molar-refractivity contribution >= 4 is 29.1 Å². The summed E-state index contributed by atoms with van der Waals surface area (Å²) < 4.78 is 11.5. The Morgan fingerprint density at radius 2 is 1.84 bits per heavy atom. The maximum Gasteiger partial charge on any atom is 0.264 e. The molecule has 132 valence electrons. The quantitative estimate of drug-likeness (QED) is 0.830. The molecule has 0 saturated heterocycles. The molecule has 1 atom stereocenters. The monoisotopic (exact) mass is 379 g/mol. The van der Waals surface area contributed by atoms with Crippen molar-refractivity contribution in [2.45, 2.75) is 31.9 Å². The predicted molar refractivity (Wildman–Crippen MR) is 98.6 cm³/mol. The zero-order chi connectivity index (χ0) is 18.0. The average Bonchev–Trinajstić information content (AvgIpc) is 2.57. The van der Waals surface area contributed by atoms with Crippen LogP contribution < -0.4 is 14.8 Å². The number of carbonyl (C=O) groups excluding carboxylic acids is 1. The molecule has 0 radical (unpaired) electrons. The van der Waals surface area contributed by atoms with E-state index in [1.54, 1.807) is 44.2 Å². The summed E-state index contributed by atoms with van der Waals surface area (Å²) in [5.74, 6) is 1.12. The third-order valence-corrected chi connectivity index (χ3v) is 4.54. The first-order valence-electron chi connectivity index (χ1n) is 8.03. The van der Waals surface area contributed by atoms with E-state index in [-0.39, 0.29) is 11.9 Å². The van der Waals surface area contributed by atoms with Gasteiger partial charge >= 0.3 is 0 Å². The molecule has 0 saturated carbocycles. The highest BCUT2D eigenvalue weighted by Crippen LogP contribution is 2.34. The van der Waals surface area contributed by atoms with E-state index in [1.165, 1.54) is 0 Å². The summed E-state index contributed by atoms with van der Waals surface area (Å²) in [6, 6.07) is 12.2. The summed E-state index contributed by atoms with van der Waals surface area (Å²) >= 11 is 12.0. The van der Waals surface area contributed by atoms with Gasteiger partial charge in [0.1, 0.15) is 11.5 Å². The molecule has 0 bridgehead atoms. The van der Waals surface area contributed by atoms with Gasteiger partial charge in [0.05, 0.1) is 12.6 Å². The lowest BCUT2D eigenvalue weighted by Crippen LogP contribution is -2.48. The maximum atomic E-state index is 12.8. The van der Waals surface area contributed by atoms with Crippen LogP contribution >= 0.6 is 23.2 Å². The Bertz CT molecular complexity index is 775. The summed E-state index contributed by atoms with van der Waals surface area (Å²) in [5, 5.41) is 4.27. The smallest absolute Gasteiger partial charge is 0.264 e. The van der Waals surface area contributed by atoms with E-state index in [9.17, 15) is 4.79 Å². The summed E-state index contributed by atoms with van der Waals surface area (Å²) in [5.41, 5.74) is -0.153. The topological polar surface area (TPSA) is 47.6 Å². The molecule has 0 fully saturated rings. The van der Waals surface area contributed by atoms with Gasteiger partial charge in [0.25, 0.3) is 5.91 Å². The van der Waals surface area contributed by atoms with Crippen molar-refractivity contribution < 1.29 is 14.3 Å². The molecule has 4 nitrogen and oxygen atoms in total. The number of hydrogen-bond acceptors (Lipinski definition) is 3. The van der Waals surface area contributed by atoms with Crippen molar-refractivity contribution in [3.8, 4) is 11.5 Å². The van der Waals surface area contributed by atoms with Crippen molar-refractivity contribution in [2.75, 3.05) is 6.61 Å². The van der Waals surface area contributed by atoms with E-state index in [0.29, 0.717) is 28.8 Å². The van der Waals surface area contributed by atoms with Crippen LogP contribution in [0.25, 0.3) is 0 Å². The highest BCUT2D eigenvalue weighted by Gasteiger charge is 2.33. The number of halogens is 2. The molecule has 1 aliphatic heterocycles. The molecule has 25 heavy (non-hydrogen) atoms. The van der Waals surface area contributed by atoms with Gasteiger partial charge in [0.15, 0.2) is 5.60 Å². The molecular weight excluding hydrogens is 361 g/mol. The molecule has 6 heteroatoms. The van der Waals surface area contributed by atoms with Crippen LogP contribution in [0.4, 0.5) is 0 Å². The minimum absolute atomic E-state index is 0.164. The Labute approximate surface area is 157 Å². The van der Waals surface area contributed by atoms with Gasteiger partial charge in [-0.3, -0.25) is 4.79 Å². The Kier molecular flexibility index (Phi) is 5.11. The molecule has 1 aliphatic rings. The van der Waals surface area contributed by atoms with Crippen LogP contribution in [0.15, 0.2) is 42.5 Å². The number of fused-ring (bicyclic) bond motifs is 1. The van der Waals surface area contributed by atoms with E-state index >= 15 is 0 Å². The Hall–Kier alpha value is -1.91. The van der Waals surface area contributed by atoms with E-state index in [0.717, 1.165) is 11.3 Å². The molecule has 0 aliphatic carbocycles. The number of ether oxygens (including phenoxy) is 2. The molecule has 1 unspecified atom stereocenters. The minimum Gasteiger partial charge on any atom is -0.493 e. The molecule has 1 N–H and O–H groups in total. The predicted octanol–water partition coefficient (Wildman–Crippen LogP) is 4.79. The standard InChI is InChI=1S/C19H19Cl2NO3/c1-19(2,25-14-6-3-12(20)4-7-14)18(23)22-16-9-10-24-17-8-5-13(21)11-15(16)17/h3-8,11,16H,9-10H2,1-2H3,(H,22,23). The fourth-order valence-corrected chi connectivity index (χ4v) is 3.00. The normalized spacial score (nSPS) is 16.6. The molecule has 1 heterocycles. The molecule has 3 rings (SSSR count). The lowest BCUT2D eigenvalue weighted by molar-refractivity contribution is -0.135. The second-order valence-corrected chi connectivity index (χ2v) is 7.28. The molecule has 0 spiro atoms. The third-order valence-electron chi connectivity index (χ3n) is 4.05. The second kappa shape index (κ2) is 7.14. The number of benzene rings is 2. The van der Waals surface area contributed by atoms with Gasteiger partial charge in [-0.25, -0.2) is 0 Å². The highest BCUT2D eigenvalue weighted by atomic mass is 35.5. The van der Waals surface area contributed by atoms with Crippen LogP contribution in [0.1, 0.15) is 31.9 Å². The lowest BCUT2D eigenvalue weighted by Gasteiger charge is -2.31. The summed E-state index contributed by atoms with van der Waals surface area (Å²) in [6.07, 6.45) is 0.677. The highest BCUT2D eigenvalue weighted by molar-refractivity contribution is 6.30. The van der Waals surface area contributed by atoms with E-state index < -0.39 is 5.60 Å². The van der Waals surface area contributed by atoms with Gasteiger partial charge in [-0.05, 0) is 56.3 Å². The summed E-state index contributed by atoms with van der Waals surface area (Å²) in [4.78, 5) is 12.8. The first kappa shape index (κ1) is 17.9. The summed E-state index contributed by atoms with van der Waals surface area (Å²) in [6.45, 7) is 4.00. The number of carbonyl (C=O) groups is 1. The third kappa shape index (κ3) is 4.20.